The first-order chi connectivity index (χ1) is 10.6. The molecule has 0 aromatic rings. The van der Waals surface area contributed by atoms with Gasteiger partial charge in [0.25, 0.3) is 0 Å². The summed E-state index contributed by atoms with van der Waals surface area (Å²) in [5.41, 5.74) is 0.353. The molecule has 0 aliphatic heterocycles. The molecule has 7 nitrogen and oxygen atoms in total. The Balaban J connectivity index is 5.11. The van der Waals surface area contributed by atoms with Gasteiger partial charge in [0, 0.05) is 16.7 Å². The van der Waals surface area contributed by atoms with Gasteiger partial charge in [-0.2, -0.15) is 0 Å². The number of hydrogen-bond donors (Lipinski definition) is 1. The number of esters is 3. The van der Waals surface area contributed by atoms with Gasteiger partial charge in [0.15, 0.2) is 12.2 Å². The number of aliphatic hydroxyl groups is 1. The van der Waals surface area contributed by atoms with Crippen molar-refractivity contribution < 1.29 is 33.7 Å². The zero-order valence-electron chi connectivity index (χ0n) is 13.6. The number of aliphatic hydroxyl groups excluding tert-OH is 1. The summed E-state index contributed by atoms with van der Waals surface area (Å²) in [6.45, 7) is 13.5. The fraction of sp³-hybridized carbons (Fsp3) is 0.438. The Morgan fingerprint density at radius 3 is 1.57 bits per heavy atom. The molecule has 0 saturated heterocycles. The predicted molar refractivity (Wildman–Crippen MR) is 82.2 cm³/mol. The second-order valence-corrected chi connectivity index (χ2v) is 5.01. The molecule has 0 bridgehead atoms. The maximum absolute atomic E-state index is 11.7. The van der Waals surface area contributed by atoms with E-state index in [1.54, 1.807) is 0 Å². The van der Waals surface area contributed by atoms with Crippen LogP contribution < -0.4 is 0 Å². The molecule has 23 heavy (non-hydrogen) atoms. The minimum absolute atomic E-state index is 0.101. The van der Waals surface area contributed by atoms with Crippen LogP contribution in [0.25, 0.3) is 0 Å². The summed E-state index contributed by atoms with van der Waals surface area (Å²) in [4.78, 5) is 34.7. The van der Waals surface area contributed by atoms with E-state index in [4.69, 9.17) is 14.2 Å². The maximum Gasteiger partial charge on any atom is 0.333 e. The summed E-state index contributed by atoms with van der Waals surface area (Å²) in [6.07, 6.45) is -2.42. The van der Waals surface area contributed by atoms with Gasteiger partial charge < -0.3 is 19.3 Å². The lowest BCUT2D eigenvalue weighted by atomic mass is 10.2. The molecule has 7 heteroatoms. The van der Waals surface area contributed by atoms with Crippen molar-refractivity contribution >= 4 is 17.9 Å². The van der Waals surface area contributed by atoms with Crippen molar-refractivity contribution in [1.29, 1.82) is 0 Å². The normalized spacial score (nSPS) is 12.5. The second kappa shape index (κ2) is 9.58. The summed E-state index contributed by atoms with van der Waals surface area (Å²) in [7, 11) is 0. The Bertz CT molecular complexity index is 519. The van der Waals surface area contributed by atoms with E-state index in [0.717, 1.165) is 0 Å². The van der Waals surface area contributed by atoms with E-state index in [1.165, 1.54) is 20.8 Å². The van der Waals surface area contributed by atoms with E-state index >= 15 is 0 Å². The first-order valence-corrected chi connectivity index (χ1v) is 6.76. The zero-order chi connectivity index (χ0) is 18.2. The van der Waals surface area contributed by atoms with Crippen molar-refractivity contribution in [1.82, 2.24) is 0 Å². The fourth-order valence-corrected chi connectivity index (χ4v) is 1.21. The Morgan fingerprint density at radius 2 is 1.22 bits per heavy atom. The third kappa shape index (κ3) is 7.42. The minimum Gasteiger partial charge on any atom is -0.458 e. The van der Waals surface area contributed by atoms with Gasteiger partial charge in [0.2, 0.25) is 0 Å². The number of hydrogen-bond acceptors (Lipinski definition) is 7. The Labute approximate surface area is 135 Å². The van der Waals surface area contributed by atoms with Crippen LogP contribution in [0.15, 0.2) is 36.5 Å². The van der Waals surface area contributed by atoms with Crippen molar-refractivity contribution in [3.05, 3.63) is 36.5 Å². The second-order valence-electron chi connectivity index (χ2n) is 5.01. The van der Waals surface area contributed by atoms with Gasteiger partial charge >= 0.3 is 17.9 Å². The Morgan fingerprint density at radius 1 is 0.826 bits per heavy atom. The average Bonchev–Trinajstić information content (AvgIpc) is 2.47. The van der Waals surface area contributed by atoms with Crippen molar-refractivity contribution in [3.63, 3.8) is 0 Å². The lowest BCUT2D eigenvalue weighted by molar-refractivity contribution is -0.173. The molecule has 0 rings (SSSR count). The van der Waals surface area contributed by atoms with Crippen LogP contribution in [0.2, 0.25) is 0 Å². The first kappa shape index (κ1) is 20.6. The molecule has 0 aromatic heterocycles. The SMILES string of the molecule is C=C(C)C(=O)OC[C@H](OC(=O)C(=C)C)[C@@H](CO)OC(=O)C(=C)C. The Kier molecular flexibility index (Phi) is 8.57. The molecule has 0 aliphatic carbocycles. The summed E-state index contributed by atoms with van der Waals surface area (Å²) in [5, 5.41) is 9.37. The van der Waals surface area contributed by atoms with Crippen LogP contribution >= 0.6 is 0 Å². The molecular formula is C16H22O7. The van der Waals surface area contributed by atoms with Crippen LogP contribution in [-0.2, 0) is 28.6 Å². The highest BCUT2D eigenvalue weighted by molar-refractivity contribution is 5.88. The smallest absolute Gasteiger partial charge is 0.333 e. The highest BCUT2D eigenvalue weighted by Gasteiger charge is 2.30. The molecular weight excluding hydrogens is 304 g/mol. The summed E-state index contributed by atoms with van der Waals surface area (Å²) in [5.74, 6) is -2.25. The molecule has 1 N–H and O–H groups in total. The lowest BCUT2D eigenvalue weighted by Gasteiger charge is -2.25. The fourth-order valence-electron chi connectivity index (χ4n) is 1.21. The maximum atomic E-state index is 11.7. The van der Waals surface area contributed by atoms with Crippen molar-refractivity contribution in [2.45, 2.75) is 33.0 Å². The number of carbonyl (C=O) groups excluding carboxylic acids is 3. The molecule has 0 saturated carbocycles. The standard InChI is InChI=1S/C16H22O7/c1-9(2)14(18)21-8-13(23-16(20)11(5)6)12(7-17)22-15(19)10(3)4/h12-13,17H,1,3,5,7-8H2,2,4,6H3/t12-,13+/m1/s1. The molecule has 0 spiro atoms. The van der Waals surface area contributed by atoms with E-state index in [-0.39, 0.29) is 16.7 Å². The van der Waals surface area contributed by atoms with Crippen LogP contribution in [0.1, 0.15) is 20.8 Å². The summed E-state index contributed by atoms with van der Waals surface area (Å²) in [6, 6.07) is 0. The van der Waals surface area contributed by atoms with Gasteiger partial charge in [-0.3, -0.25) is 0 Å². The topological polar surface area (TPSA) is 99.1 Å². The summed E-state index contributed by atoms with van der Waals surface area (Å²) < 4.78 is 15.0. The molecule has 0 radical (unpaired) electrons. The van der Waals surface area contributed by atoms with Gasteiger partial charge in [0.05, 0.1) is 6.61 Å². The highest BCUT2D eigenvalue weighted by atomic mass is 16.6. The van der Waals surface area contributed by atoms with Crippen LogP contribution in [0, 0.1) is 0 Å². The van der Waals surface area contributed by atoms with Crippen LogP contribution in [0.4, 0.5) is 0 Å². The number of ether oxygens (including phenoxy) is 3. The quantitative estimate of drug-likeness (QED) is 0.384. The van der Waals surface area contributed by atoms with E-state index in [0.29, 0.717) is 0 Å². The number of carbonyl (C=O) groups is 3. The molecule has 0 aromatic carbocycles. The number of rotatable bonds is 9. The van der Waals surface area contributed by atoms with Crippen LogP contribution in [-0.4, -0.2) is 48.4 Å². The zero-order valence-corrected chi connectivity index (χ0v) is 13.6. The van der Waals surface area contributed by atoms with E-state index in [1.807, 2.05) is 0 Å². The largest absolute Gasteiger partial charge is 0.458 e. The summed E-state index contributed by atoms with van der Waals surface area (Å²) >= 11 is 0. The van der Waals surface area contributed by atoms with Crippen molar-refractivity contribution in [3.8, 4) is 0 Å². The average molecular weight is 326 g/mol. The molecule has 2 atom stereocenters. The Hall–Kier alpha value is -2.41. The minimum atomic E-state index is -1.22. The third-order valence-corrected chi connectivity index (χ3v) is 2.54. The van der Waals surface area contributed by atoms with E-state index in [9.17, 15) is 19.5 Å². The van der Waals surface area contributed by atoms with Gasteiger partial charge in [0.1, 0.15) is 6.61 Å². The van der Waals surface area contributed by atoms with Crippen molar-refractivity contribution in [2.24, 2.45) is 0 Å². The molecule has 0 unspecified atom stereocenters. The molecule has 0 fully saturated rings. The van der Waals surface area contributed by atoms with E-state index < -0.39 is 43.3 Å². The van der Waals surface area contributed by atoms with Crippen LogP contribution in [0.5, 0.6) is 0 Å². The van der Waals surface area contributed by atoms with Gasteiger partial charge in [-0.15, -0.1) is 0 Å². The molecule has 0 amide bonds. The molecule has 0 heterocycles. The monoisotopic (exact) mass is 326 g/mol. The van der Waals surface area contributed by atoms with Gasteiger partial charge in [-0.05, 0) is 20.8 Å². The van der Waals surface area contributed by atoms with Crippen LogP contribution in [0.3, 0.4) is 0 Å². The molecule has 128 valence electrons. The highest BCUT2D eigenvalue weighted by Crippen LogP contribution is 2.11. The van der Waals surface area contributed by atoms with E-state index in [2.05, 4.69) is 19.7 Å². The first-order valence-electron chi connectivity index (χ1n) is 6.76. The van der Waals surface area contributed by atoms with Gasteiger partial charge in [-0.1, -0.05) is 19.7 Å². The molecule has 0 aliphatic rings. The van der Waals surface area contributed by atoms with Crippen molar-refractivity contribution in [2.75, 3.05) is 13.2 Å². The van der Waals surface area contributed by atoms with Gasteiger partial charge in [-0.25, -0.2) is 14.4 Å². The predicted octanol–water partition coefficient (Wildman–Crippen LogP) is 1.07. The third-order valence-electron chi connectivity index (χ3n) is 2.54. The lowest BCUT2D eigenvalue weighted by Crippen LogP contribution is -2.41.